The SMILES string of the molecule is CN(C)C1(C(=O)c2sccc2Cl)CCCCC1. The summed E-state index contributed by atoms with van der Waals surface area (Å²) in [5.74, 6) is 0.210. The second kappa shape index (κ2) is 5.09. The zero-order chi connectivity index (χ0) is 12.5. The van der Waals surface area contributed by atoms with Crippen LogP contribution >= 0.6 is 22.9 Å². The largest absolute Gasteiger partial charge is 0.297 e. The van der Waals surface area contributed by atoms with Crippen molar-refractivity contribution >= 4 is 28.7 Å². The van der Waals surface area contributed by atoms with Crippen LogP contribution in [0, 0.1) is 0 Å². The van der Waals surface area contributed by atoms with Gasteiger partial charge in [-0.3, -0.25) is 9.69 Å². The summed E-state index contributed by atoms with van der Waals surface area (Å²) in [5.41, 5.74) is -0.327. The van der Waals surface area contributed by atoms with Crippen LogP contribution < -0.4 is 0 Å². The van der Waals surface area contributed by atoms with Gasteiger partial charge in [0, 0.05) is 0 Å². The monoisotopic (exact) mass is 271 g/mol. The normalized spacial score (nSPS) is 19.5. The maximum Gasteiger partial charge on any atom is 0.194 e. The van der Waals surface area contributed by atoms with Gasteiger partial charge in [-0.15, -0.1) is 11.3 Å². The van der Waals surface area contributed by atoms with Crippen molar-refractivity contribution in [2.45, 2.75) is 37.6 Å². The van der Waals surface area contributed by atoms with Crippen LogP contribution in [-0.2, 0) is 0 Å². The Kier molecular flexibility index (Phi) is 3.91. The molecule has 0 unspecified atom stereocenters. The number of hydrogen-bond acceptors (Lipinski definition) is 3. The van der Waals surface area contributed by atoms with Crippen LogP contribution in [0.25, 0.3) is 0 Å². The van der Waals surface area contributed by atoms with Crippen LogP contribution in [0.3, 0.4) is 0 Å². The van der Waals surface area contributed by atoms with Gasteiger partial charge in [0.05, 0.1) is 15.4 Å². The summed E-state index contributed by atoms with van der Waals surface area (Å²) < 4.78 is 0. The molecule has 2 rings (SSSR count). The van der Waals surface area contributed by atoms with E-state index in [0.29, 0.717) is 5.02 Å². The topological polar surface area (TPSA) is 20.3 Å². The smallest absolute Gasteiger partial charge is 0.194 e. The van der Waals surface area contributed by atoms with Crippen LogP contribution in [0.4, 0.5) is 0 Å². The van der Waals surface area contributed by atoms with Crippen molar-refractivity contribution in [2.24, 2.45) is 0 Å². The van der Waals surface area contributed by atoms with Crippen LogP contribution in [0.1, 0.15) is 41.8 Å². The molecule has 2 nitrogen and oxygen atoms in total. The number of likely N-dealkylation sites (N-methyl/N-ethyl adjacent to an activating group) is 1. The number of carbonyl (C=O) groups excluding carboxylic acids is 1. The second-order valence-electron chi connectivity index (χ2n) is 4.91. The van der Waals surface area contributed by atoms with Crippen LogP contribution in [-0.4, -0.2) is 30.3 Å². The molecule has 4 heteroatoms. The number of nitrogens with zero attached hydrogens (tertiary/aromatic N) is 1. The summed E-state index contributed by atoms with van der Waals surface area (Å²) in [6.45, 7) is 0. The summed E-state index contributed by atoms with van der Waals surface area (Å²) in [6.07, 6.45) is 5.40. The van der Waals surface area contributed by atoms with Crippen LogP contribution in [0.2, 0.25) is 5.02 Å². The molecule has 0 saturated heterocycles. The first kappa shape index (κ1) is 13.1. The Labute approximate surface area is 112 Å². The predicted octanol–water partition coefficient (Wildman–Crippen LogP) is 3.85. The highest BCUT2D eigenvalue weighted by atomic mass is 35.5. The molecule has 1 aliphatic rings. The standard InChI is InChI=1S/C13H18ClNOS/c1-15(2)13(7-4-3-5-8-13)12(16)11-10(14)6-9-17-11/h6,9H,3-5,7-8H2,1-2H3. The van der Waals surface area contributed by atoms with Crippen molar-refractivity contribution in [2.75, 3.05) is 14.1 Å². The highest BCUT2D eigenvalue weighted by Crippen LogP contribution is 2.37. The fourth-order valence-corrected chi connectivity index (χ4v) is 3.86. The molecule has 1 saturated carbocycles. The number of rotatable bonds is 3. The number of hydrogen-bond donors (Lipinski definition) is 0. The molecule has 1 aromatic rings. The maximum absolute atomic E-state index is 12.7. The first-order chi connectivity index (χ1) is 8.08. The molecular weight excluding hydrogens is 254 g/mol. The molecule has 0 aromatic carbocycles. The van der Waals surface area contributed by atoms with E-state index in [9.17, 15) is 4.79 Å². The minimum absolute atomic E-state index is 0.210. The van der Waals surface area contributed by atoms with Gasteiger partial charge in [-0.05, 0) is 38.4 Å². The van der Waals surface area contributed by atoms with Gasteiger partial charge in [0.2, 0.25) is 0 Å². The van der Waals surface area contributed by atoms with E-state index in [2.05, 4.69) is 4.90 Å². The molecule has 0 bridgehead atoms. The van der Waals surface area contributed by atoms with E-state index in [-0.39, 0.29) is 11.3 Å². The lowest BCUT2D eigenvalue weighted by Crippen LogP contribution is -2.52. The minimum Gasteiger partial charge on any atom is -0.297 e. The summed E-state index contributed by atoms with van der Waals surface area (Å²) in [6, 6.07) is 1.81. The van der Waals surface area contributed by atoms with Gasteiger partial charge in [0.15, 0.2) is 5.78 Å². The lowest BCUT2D eigenvalue weighted by atomic mass is 9.77. The molecule has 1 heterocycles. The van der Waals surface area contributed by atoms with Gasteiger partial charge in [-0.25, -0.2) is 0 Å². The quantitative estimate of drug-likeness (QED) is 0.779. The van der Waals surface area contributed by atoms with Crippen molar-refractivity contribution in [1.82, 2.24) is 4.90 Å². The molecule has 0 amide bonds. The average molecular weight is 272 g/mol. The zero-order valence-corrected chi connectivity index (χ0v) is 11.9. The zero-order valence-electron chi connectivity index (χ0n) is 10.3. The van der Waals surface area contributed by atoms with Crippen molar-refractivity contribution in [3.63, 3.8) is 0 Å². The van der Waals surface area contributed by atoms with E-state index in [0.717, 1.165) is 30.6 Å². The van der Waals surface area contributed by atoms with E-state index >= 15 is 0 Å². The number of Topliss-reactive ketones (excluding diaryl/α,β-unsaturated/α-hetero) is 1. The predicted molar refractivity (Wildman–Crippen MR) is 73.2 cm³/mol. The summed E-state index contributed by atoms with van der Waals surface area (Å²) in [5, 5.41) is 2.49. The first-order valence-corrected chi connectivity index (χ1v) is 7.29. The van der Waals surface area contributed by atoms with Gasteiger partial charge in [0.1, 0.15) is 0 Å². The molecule has 0 N–H and O–H groups in total. The molecule has 0 aliphatic heterocycles. The average Bonchev–Trinajstić information content (AvgIpc) is 2.75. The van der Waals surface area contributed by atoms with Gasteiger partial charge >= 0.3 is 0 Å². The molecular formula is C13H18ClNOS. The van der Waals surface area contributed by atoms with Gasteiger partial charge in [0.25, 0.3) is 0 Å². The molecule has 1 aliphatic carbocycles. The van der Waals surface area contributed by atoms with Crippen molar-refractivity contribution < 1.29 is 4.79 Å². The summed E-state index contributed by atoms with van der Waals surface area (Å²) in [4.78, 5) is 15.5. The summed E-state index contributed by atoms with van der Waals surface area (Å²) in [7, 11) is 4.01. The highest BCUT2D eigenvalue weighted by molar-refractivity contribution is 7.12. The second-order valence-corrected chi connectivity index (χ2v) is 6.24. The fraction of sp³-hybridized carbons (Fsp3) is 0.615. The third-order valence-corrected chi connectivity index (χ3v) is 5.12. The van der Waals surface area contributed by atoms with E-state index in [4.69, 9.17) is 11.6 Å². The molecule has 0 atom stereocenters. The number of halogens is 1. The van der Waals surface area contributed by atoms with E-state index in [1.54, 1.807) is 0 Å². The van der Waals surface area contributed by atoms with Crippen molar-refractivity contribution in [3.05, 3.63) is 21.3 Å². The third kappa shape index (κ3) is 2.28. The molecule has 1 fully saturated rings. The minimum atomic E-state index is -0.327. The van der Waals surface area contributed by atoms with Crippen molar-refractivity contribution in [1.29, 1.82) is 0 Å². The van der Waals surface area contributed by atoms with Crippen LogP contribution in [0.5, 0.6) is 0 Å². The lowest BCUT2D eigenvalue weighted by Gasteiger charge is -2.41. The maximum atomic E-state index is 12.7. The number of thiophene rings is 1. The Morgan fingerprint density at radius 2 is 2.00 bits per heavy atom. The number of carbonyl (C=O) groups is 1. The third-order valence-electron chi connectivity index (χ3n) is 3.78. The number of ketones is 1. The Morgan fingerprint density at radius 3 is 2.47 bits per heavy atom. The molecule has 17 heavy (non-hydrogen) atoms. The van der Waals surface area contributed by atoms with E-state index in [1.165, 1.54) is 17.8 Å². The first-order valence-electron chi connectivity index (χ1n) is 6.03. The Morgan fingerprint density at radius 1 is 1.35 bits per heavy atom. The Bertz CT molecular complexity index is 407. The fourth-order valence-electron chi connectivity index (χ4n) is 2.68. The van der Waals surface area contributed by atoms with Gasteiger partial charge in [-0.1, -0.05) is 30.9 Å². The Balaban J connectivity index is 2.34. The van der Waals surface area contributed by atoms with E-state index < -0.39 is 0 Å². The van der Waals surface area contributed by atoms with Gasteiger partial charge in [-0.2, -0.15) is 0 Å². The molecule has 0 radical (unpaired) electrons. The summed E-state index contributed by atoms with van der Waals surface area (Å²) >= 11 is 7.55. The van der Waals surface area contributed by atoms with Crippen LogP contribution in [0.15, 0.2) is 11.4 Å². The van der Waals surface area contributed by atoms with E-state index in [1.807, 2.05) is 25.5 Å². The lowest BCUT2D eigenvalue weighted by molar-refractivity contribution is 0.0569. The highest BCUT2D eigenvalue weighted by Gasteiger charge is 2.42. The molecule has 1 aromatic heterocycles. The molecule has 94 valence electrons. The van der Waals surface area contributed by atoms with Gasteiger partial charge < -0.3 is 0 Å². The Hall–Kier alpha value is -0.380. The van der Waals surface area contributed by atoms with Crippen molar-refractivity contribution in [3.8, 4) is 0 Å². The molecule has 0 spiro atoms.